The molecule has 0 saturated heterocycles. The van der Waals surface area contributed by atoms with Crippen LogP contribution in [0.4, 0.5) is 0 Å². The first-order valence-corrected chi connectivity index (χ1v) is 6.17. The summed E-state index contributed by atoms with van der Waals surface area (Å²) in [4.78, 5) is 14.2. The van der Waals surface area contributed by atoms with E-state index in [4.69, 9.17) is 11.6 Å². The average Bonchev–Trinajstić information content (AvgIpc) is 3.12. The van der Waals surface area contributed by atoms with Crippen molar-refractivity contribution in [1.29, 1.82) is 0 Å². The fourth-order valence-electron chi connectivity index (χ4n) is 1.67. The normalized spacial score (nSPS) is 17.3. The summed E-state index contributed by atoms with van der Waals surface area (Å²) in [5.41, 5.74) is 1.52. The molecule has 0 radical (unpaired) electrons. The van der Waals surface area contributed by atoms with Gasteiger partial charge >= 0.3 is 0 Å². The summed E-state index contributed by atoms with van der Waals surface area (Å²) in [5, 5.41) is 14.3. The van der Waals surface area contributed by atoms with Crippen LogP contribution in [-0.4, -0.2) is 15.9 Å². The molecule has 0 bridgehead atoms. The molecular formula is C12H14ClN3O2. The third kappa shape index (κ3) is 3.43. The van der Waals surface area contributed by atoms with E-state index >= 15 is 0 Å². The number of aromatic nitrogens is 1. The molecule has 1 aliphatic carbocycles. The Morgan fingerprint density at radius 2 is 2.39 bits per heavy atom. The predicted molar refractivity (Wildman–Crippen MR) is 68.9 cm³/mol. The van der Waals surface area contributed by atoms with Gasteiger partial charge in [0.15, 0.2) is 0 Å². The van der Waals surface area contributed by atoms with Crippen molar-refractivity contribution in [2.75, 3.05) is 0 Å². The van der Waals surface area contributed by atoms with Crippen molar-refractivity contribution < 1.29 is 4.92 Å². The highest BCUT2D eigenvalue weighted by atomic mass is 35.5. The van der Waals surface area contributed by atoms with Gasteiger partial charge in [0.1, 0.15) is 5.15 Å². The minimum atomic E-state index is -0.426. The van der Waals surface area contributed by atoms with Crippen LogP contribution in [0.3, 0.4) is 0 Å². The number of hydrogen-bond acceptors (Lipinski definition) is 4. The molecule has 1 aromatic rings. The summed E-state index contributed by atoms with van der Waals surface area (Å²) in [6.07, 6.45) is 4.83. The molecule has 0 amide bonds. The molecule has 5 nitrogen and oxygen atoms in total. The zero-order valence-electron chi connectivity index (χ0n) is 9.97. The zero-order chi connectivity index (χ0) is 13.1. The Morgan fingerprint density at radius 1 is 1.67 bits per heavy atom. The SMILES string of the molecule is CC(/C(=C/[N+](=O)[O-])NC1CC1)c1ccc(Cl)nc1. The Kier molecular flexibility index (Phi) is 3.81. The number of nitro groups is 1. The van der Waals surface area contributed by atoms with Gasteiger partial charge in [0.05, 0.1) is 10.6 Å². The predicted octanol–water partition coefficient (Wildman–Crippen LogP) is 2.71. The highest BCUT2D eigenvalue weighted by molar-refractivity contribution is 6.29. The van der Waals surface area contributed by atoms with Crippen molar-refractivity contribution in [2.24, 2.45) is 0 Å². The van der Waals surface area contributed by atoms with Crippen LogP contribution in [0.15, 0.2) is 30.2 Å². The van der Waals surface area contributed by atoms with Gasteiger partial charge in [-0.3, -0.25) is 10.1 Å². The van der Waals surface area contributed by atoms with Crippen LogP contribution in [0.2, 0.25) is 5.15 Å². The van der Waals surface area contributed by atoms with Crippen LogP contribution in [0.1, 0.15) is 31.2 Å². The Labute approximate surface area is 110 Å². The zero-order valence-corrected chi connectivity index (χ0v) is 10.7. The van der Waals surface area contributed by atoms with E-state index in [9.17, 15) is 10.1 Å². The summed E-state index contributed by atoms with van der Waals surface area (Å²) >= 11 is 5.73. The molecule has 96 valence electrons. The second-order valence-corrected chi connectivity index (χ2v) is 4.81. The van der Waals surface area contributed by atoms with Crippen molar-refractivity contribution in [2.45, 2.75) is 31.7 Å². The minimum Gasteiger partial charge on any atom is -0.380 e. The Hall–Kier alpha value is -1.62. The summed E-state index contributed by atoms with van der Waals surface area (Å²) in [6.45, 7) is 1.91. The molecule has 1 atom stereocenters. The van der Waals surface area contributed by atoms with E-state index in [2.05, 4.69) is 10.3 Å². The Bertz CT molecular complexity index is 469. The van der Waals surface area contributed by atoms with Crippen molar-refractivity contribution in [1.82, 2.24) is 10.3 Å². The number of allylic oxidation sites excluding steroid dienone is 1. The summed E-state index contributed by atoms with van der Waals surface area (Å²) < 4.78 is 0. The lowest BCUT2D eigenvalue weighted by Gasteiger charge is -2.15. The molecule has 1 N–H and O–H groups in total. The second kappa shape index (κ2) is 5.35. The molecule has 1 heterocycles. The molecule has 0 spiro atoms. The van der Waals surface area contributed by atoms with Gasteiger partial charge < -0.3 is 5.32 Å². The monoisotopic (exact) mass is 267 g/mol. The maximum Gasteiger partial charge on any atom is 0.253 e. The standard InChI is InChI=1S/C12H14ClN3O2/c1-8(9-2-5-12(13)14-6-9)11(7-16(17)18)15-10-3-4-10/h2,5-8,10,15H,3-4H2,1H3/b11-7-. The number of hydrogen-bond donors (Lipinski definition) is 1. The topological polar surface area (TPSA) is 68.1 Å². The van der Waals surface area contributed by atoms with E-state index in [-0.39, 0.29) is 5.92 Å². The van der Waals surface area contributed by atoms with Gasteiger partial charge in [-0.15, -0.1) is 0 Å². The maximum atomic E-state index is 10.7. The molecule has 1 unspecified atom stereocenters. The third-order valence-electron chi connectivity index (χ3n) is 2.91. The number of nitrogens with zero attached hydrogens (tertiary/aromatic N) is 2. The van der Waals surface area contributed by atoms with Crippen LogP contribution in [0, 0.1) is 10.1 Å². The molecule has 1 fully saturated rings. The number of pyridine rings is 1. The van der Waals surface area contributed by atoms with Crippen LogP contribution >= 0.6 is 11.6 Å². The lowest BCUT2D eigenvalue weighted by Crippen LogP contribution is -2.21. The van der Waals surface area contributed by atoms with E-state index in [0.29, 0.717) is 16.9 Å². The van der Waals surface area contributed by atoms with E-state index in [1.807, 2.05) is 13.0 Å². The molecule has 1 aliphatic rings. The van der Waals surface area contributed by atoms with Gasteiger partial charge in [-0.05, 0) is 24.5 Å². The minimum absolute atomic E-state index is 0.0965. The van der Waals surface area contributed by atoms with Crippen molar-refractivity contribution in [3.8, 4) is 0 Å². The quantitative estimate of drug-likeness (QED) is 0.506. The number of rotatable bonds is 5. The highest BCUT2D eigenvalue weighted by Crippen LogP contribution is 2.27. The lowest BCUT2D eigenvalue weighted by molar-refractivity contribution is -0.404. The van der Waals surface area contributed by atoms with Crippen LogP contribution in [0.5, 0.6) is 0 Å². The number of halogens is 1. The molecule has 18 heavy (non-hydrogen) atoms. The van der Waals surface area contributed by atoms with Gasteiger partial charge in [0, 0.05) is 18.2 Å². The average molecular weight is 268 g/mol. The fraction of sp³-hybridized carbons (Fsp3) is 0.417. The van der Waals surface area contributed by atoms with Crippen LogP contribution < -0.4 is 5.32 Å². The Balaban J connectivity index is 2.18. The van der Waals surface area contributed by atoms with Crippen molar-refractivity contribution >= 4 is 11.6 Å². The summed E-state index contributed by atoms with van der Waals surface area (Å²) in [7, 11) is 0. The maximum absolute atomic E-state index is 10.7. The van der Waals surface area contributed by atoms with E-state index in [1.165, 1.54) is 0 Å². The van der Waals surface area contributed by atoms with E-state index < -0.39 is 4.92 Å². The van der Waals surface area contributed by atoms with Crippen molar-refractivity contribution in [3.05, 3.63) is 51.1 Å². The van der Waals surface area contributed by atoms with Crippen LogP contribution in [0.25, 0.3) is 0 Å². The van der Waals surface area contributed by atoms with Crippen molar-refractivity contribution in [3.63, 3.8) is 0 Å². The van der Waals surface area contributed by atoms with E-state index in [0.717, 1.165) is 24.6 Å². The number of nitrogens with one attached hydrogen (secondary N) is 1. The van der Waals surface area contributed by atoms with Gasteiger partial charge in [-0.1, -0.05) is 24.6 Å². The Morgan fingerprint density at radius 3 is 2.89 bits per heavy atom. The molecule has 2 rings (SSSR count). The molecule has 1 saturated carbocycles. The molecule has 0 aliphatic heterocycles. The largest absolute Gasteiger partial charge is 0.380 e. The fourth-order valence-corrected chi connectivity index (χ4v) is 1.79. The summed E-state index contributed by atoms with van der Waals surface area (Å²) in [6, 6.07) is 3.90. The third-order valence-corrected chi connectivity index (χ3v) is 3.13. The van der Waals surface area contributed by atoms with E-state index in [1.54, 1.807) is 12.3 Å². The first-order valence-electron chi connectivity index (χ1n) is 5.79. The smallest absolute Gasteiger partial charge is 0.253 e. The van der Waals surface area contributed by atoms with Crippen LogP contribution in [-0.2, 0) is 0 Å². The van der Waals surface area contributed by atoms with Gasteiger partial charge in [-0.25, -0.2) is 4.98 Å². The molecule has 6 heteroatoms. The molecule has 1 aromatic heterocycles. The lowest BCUT2D eigenvalue weighted by atomic mass is 10.00. The first-order chi connectivity index (χ1) is 8.56. The first kappa shape index (κ1) is 12.8. The van der Waals surface area contributed by atoms with Gasteiger partial charge in [0.25, 0.3) is 6.20 Å². The van der Waals surface area contributed by atoms with Gasteiger partial charge in [0.2, 0.25) is 0 Å². The summed E-state index contributed by atoms with van der Waals surface area (Å²) in [5.74, 6) is -0.0965. The molecule has 0 aromatic carbocycles. The highest BCUT2D eigenvalue weighted by Gasteiger charge is 2.25. The van der Waals surface area contributed by atoms with Gasteiger partial charge in [-0.2, -0.15) is 0 Å². The molecular weight excluding hydrogens is 254 g/mol. The second-order valence-electron chi connectivity index (χ2n) is 4.42.